The third-order valence-electron chi connectivity index (χ3n) is 3.60. The number of para-hydroxylation sites is 1. The molecule has 0 atom stereocenters. The lowest BCUT2D eigenvalue weighted by atomic mass is 10.1. The molecular formula is C16H16N2O2. The summed E-state index contributed by atoms with van der Waals surface area (Å²) in [7, 11) is 1.40. The molecule has 1 heterocycles. The molecule has 0 radical (unpaired) electrons. The Kier molecular flexibility index (Phi) is 3.06. The molecule has 0 spiro atoms. The van der Waals surface area contributed by atoms with E-state index < -0.39 is 0 Å². The Morgan fingerprint density at radius 3 is 2.70 bits per heavy atom. The first kappa shape index (κ1) is 12.5. The molecule has 1 aliphatic heterocycles. The van der Waals surface area contributed by atoms with E-state index in [1.165, 1.54) is 18.2 Å². The topological polar surface area (TPSA) is 55.6 Å². The van der Waals surface area contributed by atoms with Gasteiger partial charge in [0, 0.05) is 18.8 Å². The van der Waals surface area contributed by atoms with E-state index in [0.29, 0.717) is 5.56 Å². The minimum Gasteiger partial charge on any atom is -0.465 e. The molecule has 0 unspecified atom stereocenters. The second-order valence-electron chi connectivity index (χ2n) is 4.89. The van der Waals surface area contributed by atoms with Gasteiger partial charge < -0.3 is 15.4 Å². The molecular weight excluding hydrogens is 252 g/mol. The lowest BCUT2D eigenvalue weighted by Gasteiger charge is -2.20. The summed E-state index contributed by atoms with van der Waals surface area (Å²) in [6.45, 7) is 1.54. The third-order valence-corrected chi connectivity index (χ3v) is 3.60. The van der Waals surface area contributed by atoms with Crippen molar-refractivity contribution < 1.29 is 9.53 Å². The van der Waals surface area contributed by atoms with Gasteiger partial charge in [0.15, 0.2) is 0 Å². The number of esters is 1. The highest BCUT2D eigenvalue weighted by Crippen LogP contribution is 2.31. The van der Waals surface area contributed by atoms with Gasteiger partial charge in [-0.2, -0.15) is 0 Å². The molecule has 2 aromatic carbocycles. The van der Waals surface area contributed by atoms with Gasteiger partial charge in [-0.3, -0.25) is 0 Å². The highest BCUT2D eigenvalue weighted by atomic mass is 16.5. The number of nitrogens with zero attached hydrogens (tertiary/aromatic N) is 1. The zero-order chi connectivity index (χ0) is 14.1. The number of hydrogen-bond acceptors (Lipinski definition) is 4. The van der Waals surface area contributed by atoms with Crippen molar-refractivity contribution in [2.75, 3.05) is 17.7 Å². The Morgan fingerprint density at radius 1 is 1.15 bits per heavy atom. The fourth-order valence-corrected chi connectivity index (χ4v) is 2.62. The third kappa shape index (κ3) is 2.09. The van der Waals surface area contributed by atoms with Gasteiger partial charge in [0.2, 0.25) is 0 Å². The van der Waals surface area contributed by atoms with Crippen LogP contribution in [0.2, 0.25) is 0 Å². The van der Waals surface area contributed by atoms with E-state index in [2.05, 4.69) is 4.90 Å². The second-order valence-corrected chi connectivity index (χ2v) is 4.89. The van der Waals surface area contributed by atoms with Crippen LogP contribution in [0.4, 0.5) is 11.4 Å². The van der Waals surface area contributed by atoms with Crippen molar-refractivity contribution in [3.8, 4) is 0 Å². The van der Waals surface area contributed by atoms with E-state index in [1.807, 2.05) is 36.4 Å². The molecule has 4 nitrogen and oxygen atoms in total. The predicted octanol–water partition coefficient (Wildman–Crippen LogP) is 2.58. The molecule has 0 amide bonds. The maximum Gasteiger partial charge on any atom is 0.339 e. The molecule has 2 N–H and O–H groups in total. The van der Waals surface area contributed by atoms with E-state index in [9.17, 15) is 4.79 Å². The van der Waals surface area contributed by atoms with Crippen molar-refractivity contribution >= 4 is 17.3 Å². The quantitative estimate of drug-likeness (QED) is 0.672. The zero-order valence-corrected chi connectivity index (χ0v) is 11.3. The number of methoxy groups -OCH3 is 1. The maximum atomic E-state index is 11.8. The molecule has 0 aliphatic carbocycles. The van der Waals surface area contributed by atoms with E-state index in [0.717, 1.165) is 24.5 Å². The highest BCUT2D eigenvalue weighted by molar-refractivity contribution is 5.95. The predicted molar refractivity (Wildman–Crippen MR) is 78.5 cm³/mol. The summed E-state index contributed by atoms with van der Waals surface area (Å²) in [5.41, 5.74) is 10.5. The van der Waals surface area contributed by atoms with Crippen LogP contribution in [0.1, 0.15) is 21.5 Å². The van der Waals surface area contributed by atoms with Gasteiger partial charge in [0.1, 0.15) is 0 Å². The number of nitrogen functional groups attached to an aromatic ring is 1. The molecule has 20 heavy (non-hydrogen) atoms. The van der Waals surface area contributed by atoms with Gasteiger partial charge in [-0.15, -0.1) is 0 Å². The Morgan fingerprint density at radius 2 is 1.90 bits per heavy atom. The maximum absolute atomic E-state index is 11.8. The number of hydrogen-bond donors (Lipinski definition) is 1. The molecule has 0 aromatic heterocycles. The average molecular weight is 268 g/mol. The second kappa shape index (κ2) is 4.89. The molecule has 0 fully saturated rings. The van der Waals surface area contributed by atoms with E-state index in [-0.39, 0.29) is 5.97 Å². The minimum atomic E-state index is -0.309. The van der Waals surface area contributed by atoms with Crippen LogP contribution in [0.25, 0.3) is 0 Å². The molecule has 0 saturated heterocycles. The summed E-state index contributed by atoms with van der Waals surface area (Å²) in [5.74, 6) is -0.309. The van der Waals surface area contributed by atoms with E-state index in [4.69, 9.17) is 10.5 Å². The van der Waals surface area contributed by atoms with Crippen molar-refractivity contribution in [3.05, 3.63) is 59.2 Å². The Hall–Kier alpha value is -2.49. The SMILES string of the molecule is COC(=O)c1ccccc1N1Cc2ccc(N)cc2C1. The minimum absolute atomic E-state index is 0.309. The molecule has 0 bridgehead atoms. The number of fused-ring (bicyclic) bond motifs is 1. The summed E-state index contributed by atoms with van der Waals surface area (Å²) < 4.78 is 4.85. The van der Waals surface area contributed by atoms with E-state index in [1.54, 1.807) is 6.07 Å². The summed E-state index contributed by atoms with van der Waals surface area (Å²) in [6.07, 6.45) is 0. The van der Waals surface area contributed by atoms with Gasteiger partial charge in [0.05, 0.1) is 18.4 Å². The number of nitrogens with two attached hydrogens (primary N) is 1. The zero-order valence-electron chi connectivity index (χ0n) is 11.3. The first-order valence-corrected chi connectivity index (χ1v) is 6.48. The Bertz CT molecular complexity index is 667. The average Bonchev–Trinajstić information content (AvgIpc) is 2.89. The Labute approximate surface area is 117 Å². The van der Waals surface area contributed by atoms with Crippen LogP contribution in [0.15, 0.2) is 42.5 Å². The Balaban J connectivity index is 1.95. The van der Waals surface area contributed by atoms with Gasteiger partial charge in [-0.25, -0.2) is 4.79 Å². The monoisotopic (exact) mass is 268 g/mol. The summed E-state index contributed by atoms with van der Waals surface area (Å²) in [4.78, 5) is 14.0. The van der Waals surface area contributed by atoms with Crippen LogP contribution in [0.5, 0.6) is 0 Å². The molecule has 1 aliphatic rings. The molecule has 4 heteroatoms. The number of ether oxygens (including phenoxy) is 1. The smallest absolute Gasteiger partial charge is 0.339 e. The van der Waals surface area contributed by atoms with Crippen LogP contribution in [0.3, 0.4) is 0 Å². The summed E-state index contributed by atoms with van der Waals surface area (Å²) >= 11 is 0. The van der Waals surface area contributed by atoms with Gasteiger partial charge in [-0.05, 0) is 35.4 Å². The summed E-state index contributed by atoms with van der Waals surface area (Å²) in [5, 5.41) is 0. The number of anilines is 2. The molecule has 102 valence electrons. The van der Waals surface area contributed by atoms with Crippen LogP contribution in [0, 0.1) is 0 Å². The van der Waals surface area contributed by atoms with Crippen molar-refractivity contribution in [3.63, 3.8) is 0 Å². The lowest BCUT2D eigenvalue weighted by molar-refractivity contribution is 0.0601. The van der Waals surface area contributed by atoms with Crippen molar-refractivity contribution in [2.24, 2.45) is 0 Å². The number of benzene rings is 2. The van der Waals surface area contributed by atoms with Gasteiger partial charge in [-0.1, -0.05) is 18.2 Å². The van der Waals surface area contributed by atoms with Crippen LogP contribution >= 0.6 is 0 Å². The molecule has 2 aromatic rings. The van der Waals surface area contributed by atoms with Gasteiger partial charge >= 0.3 is 5.97 Å². The molecule has 0 saturated carbocycles. The number of rotatable bonds is 2. The number of carbonyl (C=O) groups is 1. The fraction of sp³-hybridized carbons (Fsp3) is 0.188. The van der Waals surface area contributed by atoms with Crippen LogP contribution in [-0.2, 0) is 17.8 Å². The van der Waals surface area contributed by atoms with Crippen LogP contribution in [-0.4, -0.2) is 13.1 Å². The van der Waals surface area contributed by atoms with Gasteiger partial charge in [0.25, 0.3) is 0 Å². The normalized spacial score (nSPS) is 13.2. The fourth-order valence-electron chi connectivity index (χ4n) is 2.62. The first-order valence-electron chi connectivity index (χ1n) is 6.48. The lowest BCUT2D eigenvalue weighted by Crippen LogP contribution is -2.18. The van der Waals surface area contributed by atoms with Crippen LogP contribution < -0.4 is 10.6 Å². The molecule has 3 rings (SSSR count). The largest absolute Gasteiger partial charge is 0.465 e. The van der Waals surface area contributed by atoms with Crippen molar-refractivity contribution in [2.45, 2.75) is 13.1 Å². The van der Waals surface area contributed by atoms with Crippen molar-refractivity contribution in [1.29, 1.82) is 0 Å². The summed E-state index contributed by atoms with van der Waals surface area (Å²) in [6, 6.07) is 13.5. The van der Waals surface area contributed by atoms with Crippen molar-refractivity contribution in [1.82, 2.24) is 0 Å². The first-order chi connectivity index (χ1) is 9.69. The number of carbonyl (C=O) groups excluding carboxylic acids is 1. The highest BCUT2D eigenvalue weighted by Gasteiger charge is 2.23. The standard InChI is InChI=1S/C16H16N2O2/c1-20-16(19)14-4-2-3-5-15(14)18-9-11-6-7-13(17)8-12(11)10-18/h2-8H,9-10,17H2,1H3. The van der Waals surface area contributed by atoms with E-state index >= 15 is 0 Å².